The molecule has 0 aliphatic heterocycles. The first-order valence-electron chi connectivity index (χ1n) is 7.40. The van der Waals surface area contributed by atoms with E-state index in [0.717, 1.165) is 11.7 Å². The second kappa shape index (κ2) is 6.11. The van der Waals surface area contributed by atoms with E-state index in [-0.39, 0.29) is 11.9 Å². The van der Waals surface area contributed by atoms with Crippen molar-refractivity contribution in [2.24, 2.45) is 0 Å². The summed E-state index contributed by atoms with van der Waals surface area (Å²) in [6, 6.07) is 6.67. The average molecular weight is 337 g/mol. The maximum absolute atomic E-state index is 13.2. The molecule has 0 fully saturated rings. The van der Waals surface area contributed by atoms with Gasteiger partial charge >= 0.3 is 0 Å². The maximum Gasteiger partial charge on any atom is 0.275 e. The topological polar surface area (TPSA) is 90.0 Å². The van der Waals surface area contributed by atoms with E-state index in [4.69, 9.17) is 0 Å². The highest BCUT2D eigenvalue weighted by Gasteiger charge is 2.12. The number of imidazole rings is 1. The lowest BCUT2D eigenvalue weighted by Gasteiger charge is -2.04. The molecule has 0 radical (unpaired) electrons. The monoisotopic (exact) mass is 337 g/mol. The Bertz CT molecular complexity index is 1060. The number of pyridine rings is 2. The van der Waals surface area contributed by atoms with Crippen LogP contribution < -0.4 is 5.32 Å². The number of anilines is 1. The number of hydrogen-bond donors (Lipinski definition) is 1. The summed E-state index contributed by atoms with van der Waals surface area (Å²) in [5.74, 6) is -0.611. The first-order chi connectivity index (χ1) is 12.2. The van der Waals surface area contributed by atoms with Crippen LogP contribution in [0.1, 0.15) is 16.1 Å². The molecule has 0 spiro atoms. The van der Waals surface area contributed by atoms with Crippen molar-refractivity contribution in [3.05, 3.63) is 72.6 Å². The van der Waals surface area contributed by atoms with Gasteiger partial charge < -0.3 is 0 Å². The van der Waals surface area contributed by atoms with Crippen LogP contribution in [-0.2, 0) is 6.54 Å². The number of nitrogens with zero attached hydrogens (tertiary/aromatic N) is 6. The Kier molecular flexibility index (Phi) is 3.65. The van der Waals surface area contributed by atoms with E-state index in [1.807, 2.05) is 6.07 Å². The Morgan fingerprint density at radius 1 is 1.16 bits per heavy atom. The van der Waals surface area contributed by atoms with E-state index in [1.165, 1.54) is 17.1 Å². The highest BCUT2D eigenvalue weighted by Crippen LogP contribution is 2.09. The van der Waals surface area contributed by atoms with Gasteiger partial charge in [-0.25, -0.2) is 19.0 Å². The van der Waals surface area contributed by atoms with Gasteiger partial charge in [0.1, 0.15) is 17.8 Å². The molecule has 4 aromatic rings. The van der Waals surface area contributed by atoms with E-state index in [1.54, 1.807) is 35.3 Å². The standard InChI is InChI=1S/C16H12FN7O/c17-12-4-11(5-18-6-12)8-23-10-20-16(22-23)21-15(25)14-3-1-2-13-7-19-9-24(13)14/h1-7,9-10H,8H2,(H,21,22,25). The molecule has 4 aromatic heterocycles. The molecule has 0 saturated carbocycles. The molecule has 0 unspecified atom stereocenters. The fraction of sp³-hybridized carbons (Fsp3) is 0.0625. The number of amides is 1. The molecule has 0 bridgehead atoms. The Hall–Kier alpha value is -3.62. The van der Waals surface area contributed by atoms with Gasteiger partial charge in [-0.3, -0.25) is 19.5 Å². The molecule has 1 N–H and O–H groups in total. The van der Waals surface area contributed by atoms with Crippen LogP contribution >= 0.6 is 0 Å². The summed E-state index contributed by atoms with van der Waals surface area (Å²) in [6.07, 6.45) is 7.36. The van der Waals surface area contributed by atoms with Gasteiger partial charge in [-0.2, -0.15) is 0 Å². The predicted molar refractivity (Wildman–Crippen MR) is 86.5 cm³/mol. The second-order valence-corrected chi connectivity index (χ2v) is 5.33. The number of carbonyl (C=O) groups is 1. The van der Waals surface area contributed by atoms with Crippen LogP contribution in [0.5, 0.6) is 0 Å². The van der Waals surface area contributed by atoms with Crippen LogP contribution in [-0.4, -0.2) is 35.0 Å². The minimum atomic E-state index is -0.417. The van der Waals surface area contributed by atoms with E-state index in [0.29, 0.717) is 17.8 Å². The molecule has 4 rings (SSSR count). The van der Waals surface area contributed by atoms with Gasteiger partial charge in [0.2, 0.25) is 5.95 Å². The smallest absolute Gasteiger partial charge is 0.275 e. The molecule has 0 atom stereocenters. The van der Waals surface area contributed by atoms with Crippen LogP contribution in [0.2, 0.25) is 0 Å². The zero-order valence-corrected chi connectivity index (χ0v) is 12.9. The zero-order valence-electron chi connectivity index (χ0n) is 12.9. The van der Waals surface area contributed by atoms with Gasteiger partial charge in [0, 0.05) is 6.20 Å². The van der Waals surface area contributed by atoms with Crippen molar-refractivity contribution >= 4 is 17.4 Å². The Balaban J connectivity index is 1.51. The van der Waals surface area contributed by atoms with Crippen LogP contribution in [0.25, 0.3) is 5.52 Å². The Labute approximate surface area is 141 Å². The number of rotatable bonds is 4. The first-order valence-corrected chi connectivity index (χ1v) is 7.40. The van der Waals surface area contributed by atoms with E-state index >= 15 is 0 Å². The molecular weight excluding hydrogens is 325 g/mol. The van der Waals surface area contributed by atoms with Crippen molar-refractivity contribution in [3.8, 4) is 0 Å². The molecule has 25 heavy (non-hydrogen) atoms. The van der Waals surface area contributed by atoms with Crippen LogP contribution in [0.4, 0.5) is 10.3 Å². The molecule has 4 heterocycles. The lowest BCUT2D eigenvalue weighted by Crippen LogP contribution is -2.16. The Morgan fingerprint density at radius 3 is 2.96 bits per heavy atom. The average Bonchev–Trinajstić information content (AvgIpc) is 3.23. The molecule has 0 aliphatic rings. The SMILES string of the molecule is O=C(Nc1ncn(Cc2cncc(F)c2)n1)c1cccc2cncn12. The summed E-state index contributed by atoms with van der Waals surface area (Å²) in [4.78, 5) is 24.3. The minimum absolute atomic E-state index is 0.159. The summed E-state index contributed by atoms with van der Waals surface area (Å²) in [7, 11) is 0. The zero-order chi connectivity index (χ0) is 17.2. The highest BCUT2D eigenvalue weighted by molar-refractivity contribution is 6.02. The highest BCUT2D eigenvalue weighted by atomic mass is 19.1. The lowest BCUT2D eigenvalue weighted by molar-refractivity contribution is 0.102. The third kappa shape index (κ3) is 3.07. The number of carbonyl (C=O) groups excluding carboxylic acids is 1. The van der Waals surface area contributed by atoms with Crippen LogP contribution in [0.3, 0.4) is 0 Å². The molecule has 9 heteroatoms. The van der Waals surface area contributed by atoms with Gasteiger partial charge in [0.05, 0.1) is 30.8 Å². The summed E-state index contributed by atoms with van der Waals surface area (Å²) >= 11 is 0. The van der Waals surface area contributed by atoms with Gasteiger partial charge in [-0.05, 0) is 23.8 Å². The van der Waals surface area contributed by atoms with Gasteiger partial charge in [0.25, 0.3) is 5.91 Å². The molecule has 8 nitrogen and oxygen atoms in total. The van der Waals surface area contributed by atoms with Crippen molar-refractivity contribution < 1.29 is 9.18 Å². The normalized spacial score (nSPS) is 10.9. The summed E-state index contributed by atoms with van der Waals surface area (Å²) in [5, 5.41) is 6.80. The quantitative estimate of drug-likeness (QED) is 0.613. The number of fused-ring (bicyclic) bond motifs is 1. The van der Waals surface area contributed by atoms with Crippen molar-refractivity contribution in [1.29, 1.82) is 0 Å². The number of nitrogens with one attached hydrogen (secondary N) is 1. The third-order valence-electron chi connectivity index (χ3n) is 3.55. The van der Waals surface area contributed by atoms with Gasteiger partial charge in [-0.1, -0.05) is 6.07 Å². The number of aromatic nitrogens is 6. The lowest BCUT2D eigenvalue weighted by atomic mass is 10.3. The maximum atomic E-state index is 13.2. The third-order valence-corrected chi connectivity index (χ3v) is 3.55. The van der Waals surface area contributed by atoms with E-state index in [9.17, 15) is 9.18 Å². The fourth-order valence-corrected chi connectivity index (χ4v) is 2.46. The van der Waals surface area contributed by atoms with Crippen molar-refractivity contribution in [1.82, 2.24) is 29.1 Å². The molecule has 0 saturated heterocycles. The molecule has 0 aromatic carbocycles. The molecule has 0 aliphatic carbocycles. The fourth-order valence-electron chi connectivity index (χ4n) is 2.46. The van der Waals surface area contributed by atoms with Gasteiger partial charge in [-0.15, -0.1) is 5.10 Å². The first kappa shape index (κ1) is 14.9. The number of halogens is 1. The second-order valence-electron chi connectivity index (χ2n) is 5.33. The molecular formula is C16H12FN7O. The van der Waals surface area contributed by atoms with Crippen molar-refractivity contribution in [2.75, 3.05) is 5.32 Å². The predicted octanol–water partition coefficient (Wildman–Crippen LogP) is 1.76. The van der Waals surface area contributed by atoms with Gasteiger partial charge in [0.15, 0.2) is 0 Å². The van der Waals surface area contributed by atoms with E-state index in [2.05, 4.69) is 25.4 Å². The molecule has 1 amide bonds. The van der Waals surface area contributed by atoms with Crippen LogP contribution in [0.15, 0.2) is 55.5 Å². The number of hydrogen-bond acceptors (Lipinski definition) is 5. The molecule has 124 valence electrons. The van der Waals surface area contributed by atoms with Crippen LogP contribution in [0, 0.1) is 5.82 Å². The largest absolute Gasteiger partial charge is 0.294 e. The summed E-state index contributed by atoms with van der Waals surface area (Å²) in [5.41, 5.74) is 1.87. The summed E-state index contributed by atoms with van der Waals surface area (Å²) in [6.45, 7) is 0.296. The van der Waals surface area contributed by atoms with Crippen molar-refractivity contribution in [3.63, 3.8) is 0 Å². The summed E-state index contributed by atoms with van der Waals surface area (Å²) < 4.78 is 16.3. The van der Waals surface area contributed by atoms with E-state index < -0.39 is 5.82 Å². The van der Waals surface area contributed by atoms with Crippen molar-refractivity contribution in [2.45, 2.75) is 6.54 Å². The minimum Gasteiger partial charge on any atom is -0.294 e. The Morgan fingerprint density at radius 2 is 2.08 bits per heavy atom.